The van der Waals surface area contributed by atoms with E-state index in [2.05, 4.69) is 26.6 Å². The zero-order chi connectivity index (χ0) is 18.9. The van der Waals surface area contributed by atoms with E-state index < -0.39 is 45.6 Å². The molecule has 9 nitrogen and oxygen atoms in total. The lowest BCUT2D eigenvalue weighted by molar-refractivity contribution is -0.119. The van der Waals surface area contributed by atoms with Crippen molar-refractivity contribution >= 4 is 55.0 Å². The number of nitrogens with one attached hydrogen (secondary N) is 2. The Morgan fingerprint density at radius 3 is 2.60 bits per heavy atom. The topological polar surface area (TPSA) is 133 Å². The molecule has 136 valence electrons. The third kappa shape index (κ3) is 4.48. The number of carbonyl (C=O) groups is 3. The second-order valence-corrected chi connectivity index (χ2v) is 8.71. The molecule has 3 N–H and O–H groups in total. The van der Waals surface area contributed by atoms with Crippen LogP contribution < -0.4 is 15.5 Å². The van der Waals surface area contributed by atoms with Crippen molar-refractivity contribution in [3.05, 3.63) is 22.7 Å². The number of carbonyl (C=O) groups excluding carboxylic acids is 2. The molecular formula is C14H16BrN3O6S. The molecule has 3 amide bonds. The summed E-state index contributed by atoms with van der Waals surface area (Å²) in [7, 11) is -3.62. The molecule has 25 heavy (non-hydrogen) atoms. The Morgan fingerprint density at radius 1 is 1.40 bits per heavy atom. The second-order valence-electron chi connectivity index (χ2n) is 5.65. The SMILES string of the molecule is C[C@H]1[C@H](NC(=O)O)C(=O)Nc2cc(Br)ccc2N1C(=O)CS(C)(=O)=O. The van der Waals surface area contributed by atoms with Crippen LogP contribution in [0.5, 0.6) is 0 Å². The Bertz CT molecular complexity index is 841. The second kappa shape index (κ2) is 7.00. The normalized spacial score (nSPS) is 20.3. The summed E-state index contributed by atoms with van der Waals surface area (Å²) in [6.07, 6.45) is -0.513. The van der Waals surface area contributed by atoms with E-state index in [-0.39, 0.29) is 11.4 Å². The zero-order valence-corrected chi connectivity index (χ0v) is 15.7. The Balaban J connectivity index is 2.56. The van der Waals surface area contributed by atoms with E-state index in [0.717, 1.165) is 11.2 Å². The van der Waals surface area contributed by atoms with Crippen LogP contribution in [0.3, 0.4) is 0 Å². The molecule has 1 aromatic rings. The molecule has 2 rings (SSSR count). The van der Waals surface area contributed by atoms with E-state index in [4.69, 9.17) is 5.11 Å². The molecule has 1 aliphatic heterocycles. The number of amides is 3. The van der Waals surface area contributed by atoms with Gasteiger partial charge in [-0.2, -0.15) is 0 Å². The molecule has 11 heteroatoms. The minimum atomic E-state index is -3.62. The number of halogens is 1. The quantitative estimate of drug-likeness (QED) is 0.645. The number of rotatable bonds is 3. The average Bonchev–Trinajstić information content (AvgIpc) is 2.53. The van der Waals surface area contributed by atoms with Gasteiger partial charge in [-0.3, -0.25) is 9.59 Å². The molecule has 0 saturated carbocycles. The molecule has 0 aliphatic carbocycles. The fourth-order valence-electron chi connectivity index (χ4n) is 2.59. The first kappa shape index (κ1) is 19.2. The van der Waals surface area contributed by atoms with E-state index in [0.29, 0.717) is 4.47 Å². The van der Waals surface area contributed by atoms with Gasteiger partial charge in [0.25, 0.3) is 0 Å². The maximum absolute atomic E-state index is 12.6. The van der Waals surface area contributed by atoms with Crippen molar-refractivity contribution in [2.75, 3.05) is 22.2 Å². The lowest BCUT2D eigenvalue weighted by atomic mass is 10.1. The first-order valence-corrected chi connectivity index (χ1v) is 9.94. The fraction of sp³-hybridized carbons (Fsp3) is 0.357. The molecule has 1 aliphatic rings. The third-order valence-electron chi connectivity index (χ3n) is 3.58. The van der Waals surface area contributed by atoms with Crippen LogP contribution in [0.1, 0.15) is 6.92 Å². The molecule has 1 aromatic carbocycles. The van der Waals surface area contributed by atoms with Gasteiger partial charge in [0.15, 0.2) is 9.84 Å². The minimum absolute atomic E-state index is 0.266. The van der Waals surface area contributed by atoms with Gasteiger partial charge in [-0.25, -0.2) is 13.2 Å². The number of benzene rings is 1. The molecule has 1 heterocycles. The van der Waals surface area contributed by atoms with Crippen LogP contribution >= 0.6 is 15.9 Å². The maximum atomic E-state index is 12.6. The van der Waals surface area contributed by atoms with Gasteiger partial charge in [-0.1, -0.05) is 15.9 Å². The predicted molar refractivity (Wildman–Crippen MR) is 94.4 cm³/mol. The predicted octanol–water partition coefficient (Wildman–Crippen LogP) is 0.803. The van der Waals surface area contributed by atoms with Crippen molar-refractivity contribution in [1.82, 2.24) is 5.32 Å². The number of fused-ring (bicyclic) bond motifs is 1. The van der Waals surface area contributed by atoms with Crippen molar-refractivity contribution in [3.8, 4) is 0 Å². The Morgan fingerprint density at radius 2 is 2.04 bits per heavy atom. The summed E-state index contributed by atoms with van der Waals surface area (Å²) in [4.78, 5) is 37.1. The van der Waals surface area contributed by atoms with Gasteiger partial charge in [0, 0.05) is 10.7 Å². The van der Waals surface area contributed by atoms with Crippen molar-refractivity contribution in [3.63, 3.8) is 0 Å². The maximum Gasteiger partial charge on any atom is 0.405 e. The van der Waals surface area contributed by atoms with Crippen molar-refractivity contribution < 1.29 is 27.9 Å². The number of hydrogen-bond acceptors (Lipinski definition) is 5. The van der Waals surface area contributed by atoms with E-state index in [9.17, 15) is 22.8 Å². The Hall–Kier alpha value is -2.14. The summed E-state index contributed by atoms with van der Waals surface area (Å²) in [6, 6.07) is 2.51. The van der Waals surface area contributed by atoms with Gasteiger partial charge in [0.1, 0.15) is 11.8 Å². The monoisotopic (exact) mass is 433 g/mol. The minimum Gasteiger partial charge on any atom is -0.465 e. The number of anilines is 2. The van der Waals surface area contributed by atoms with Crippen LogP contribution in [0.25, 0.3) is 0 Å². The zero-order valence-electron chi connectivity index (χ0n) is 13.3. The summed E-state index contributed by atoms with van der Waals surface area (Å²) >= 11 is 3.25. The molecule has 0 bridgehead atoms. The van der Waals surface area contributed by atoms with Crippen molar-refractivity contribution in [2.45, 2.75) is 19.0 Å². The molecule has 2 atom stereocenters. The van der Waals surface area contributed by atoms with Gasteiger partial charge >= 0.3 is 6.09 Å². The van der Waals surface area contributed by atoms with E-state index >= 15 is 0 Å². The Labute approximate surface area is 152 Å². The molecule has 0 aromatic heterocycles. The highest BCUT2D eigenvalue weighted by atomic mass is 79.9. The van der Waals surface area contributed by atoms with Crippen LogP contribution in [0.2, 0.25) is 0 Å². The van der Waals surface area contributed by atoms with Crippen LogP contribution in [-0.4, -0.2) is 55.5 Å². The van der Waals surface area contributed by atoms with E-state index in [1.54, 1.807) is 18.2 Å². The summed E-state index contributed by atoms with van der Waals surface area (Å²) in [5.41, 5.74) is 0.551. The molecule has 0 spiro atoms. The molecule has 0 unspecified atom stereocenters. The van der Waals surface area contributed by atoms with E-state index in [1.165, 1.54) is 6.92 Å². The number of hydrogen-bond donors (Lipinski definition) is 3. The van der Waals surface area contributed by atoms with Crippen molar-refractivity contribution in [1.29, 1.82) is 0 Å². The van der Waals surface area contributed by atoms with Gasteiger partial charge in [-0.15, -0.1) is 0 Å². The first-order chi connectivity index (χ1) is 11.5. The van der Waals surface area contributed by atoms with Crippen LogP contribution in [0.15, 0.2) is 22.7 Å². The summed E-state index contributed by atoms with van der Waals surface area (Å²) in [5.74, 6) is -2.17. The number of nitrogens with zero attached hydrogens (tertiary/aromatic N) is 1. The highest BCUT2D eigenvalue weighted by Gasteiger charge is 2.39. The van der Waals surface area contributed by atoms with Gasteiger partial charge in [-0.05, 0) is 25.1 Å². The Kier molecular flexibility index (Phi) is 5.37. The molecule has 0 fully saturated rings. The highest BCUT2D eigenvalue weighted by Crippen LogP contribution is 2.34. The lowest BCUT2D eigenvalue weighted by Crippen LogP contribution is -2.56. The molecule has 0 radical (unpaired) electrons. The average molecular weight is 434 g/mol. The summed E-state index contributed by atoms with van der Waals surface area (Å²) in [6.45, 7) is 1.47. The van der Waals surface area contributed by atoms with Crippen LogP contribution in [0, 0.1) is 0 Å². The standard InChI is InChI=1S/C14H16BrN3O6S/c1-7-12(17-14(21)22)13(20)16-9-5-8(15)3-4-10(9)18(7)11(19)6-25(2,23)24/h3-5,7,12,17H,6H2,1-2H3,(H,16,20)(H,21,22)/t7-,12-/m0/s1. The van der Waals surface area contributed by atoms with Gasteiger partial charge in [0.05, 0.1) is 17.4 Å². The fourth-order valence-corrected chi connectivity index (χ4v) is 3.54. The molecule has 0 saturated heterocycles. The number of carboxylic acid groups (broad SMARTS) is 1. The highest BCUT2D eigenvalue weighted by molar-refractivity contribution is 9.10. The third-order valence-corrected chi connectivity index (χ3v) is 4.85. The van der Waals surface area contributed by atoms with Crippen LogP contribution in [-0.2, 0) is 19.4 Å². The largest absolute Gasteiger partial charge is 0.465 e. The lowest BCUT2D eigenvalue weighted by Gasteiger charge is -2.31. The smallest absolute Gasteiger partial charge is 0.405 e. The first-order valence-electron chi connectivity index (χ1n) is 7.09. The van der Waals surface area contributed by atoms with Gasteiger partial charge in [0.2, 0.25) is 11.8 Å². The summed E-state index contributed by atoms with van der Waals surface area (Å²) in [5, 5.41) is 13.6. The van der Waals surface area contributed by atoms with E-state index in [1.807, 2.05) is 0 Å². The molecular weight excluding hydrogens is 418 g/mol. The number of sulfone groups is 1. The van der Waals surface area contributed by atoms with Gasteiger partial charge < -0.3 is 20.6 Å². The summed E-state index contributed by atoms with van der Waals surface area (Å²) < 4.78 is 23.7. The van der Waals surface area contributed by atoms with Crippen molar-refractivity contribution in [2.24, 2.45) is 0 Å². The van der Waals surface area contributed by atoms with Crippen LogP contribution in [0.4, 0.5) is 16.2 Å².